The maximum Gasteiger partial charge on any atom is 0.123 e. The number of phenols is 1. The maximum atomic E-state index is 9.47. The smallest absolute Gasteiger partial charge is 0.123 e. The number of hydrogen-bond donors (Lipinski definition) is 2. The van der Waals surface area contributed by atoms with Gasteiger partial charge < -0.3 is 14.9 Å². The van der Waals surface area contributed by atoms with E-state index in [9.17, 15) is 5.11 Å². The molecule has 1 atom stereocenters. The molecule has 78 valence electrons. The number of aliphatic hydroxyl groups excluding tert-OH is 1. The van der Waals surface area contributed by atoms with E-state index in [1.807, 2.05) is 13.8 Å². The average Bonchev–Trinajstić information content (AvgIpc) is 2.14. The topological polar surface area (TPSA) is 49.7 Å². The molecule has 0 aliphatic rings. The maximum absolute atomic E-state index is 9.47. The summed E-state index contributed by atoms with van der Waals surface area (Å²) in [6.07, 6.45) is -0.475. The molecule has 0 aromatic heterocycles. The van der Waals surface area contributed by atoms with E-state index >= 15 is 0 Å². The zero-order chi connectivity index (χ0) is 10.6. The molecule has 1 rings (SSSR count). The fraction of sp³-hybridized carbons (Fsp3) is 0.455. The van der Waals surface area contributed by atoms with E-state index in [1.165, 1.54) is 6.07 Å². The molecule has 3 heteroatoms. The summed E-state index contributed by atoms with van der Waals surface area (Å²) in [5.74, 6) is 0.915. The van der Waals surface area contributed by atoms with Gasteiger partial charge in [0.1, 0.15) is 18.1 Å². The van der Waals surface area contributed by atoms with Gasteiger partial charge in [-0.3, -0.25) is 0 Å². The van der Waals surface area contributed by atoms with Gasteiger partial charge in [-0.1, -0.05) is 19.9 Å². The Hall–Kier alpha value is -1.22. The van der Waals surface area contributed by atoms with E-state index in [-0.39, 0.29) is 18.3 Å². The Balaban J connectivity index is 2.45. The lowest BCUT2D eigenvalue weighted by Crippen LogP contribution is -2.23. The normalized spacial score (nSPS) is 12.9. The minimum atomic E-state index is -0.475. The van der Waals surface area contributed by atoms with E-state index in [2.05, 4.69) is 0 Å². The summed E-state index contributed by atoms with van der Waals surface area (Å²) in [7, 11) is 0. The quantitative estimate of drug-likeness (QED) is 0.771. The van der Waals surface area contributed by atoms with E-state index < -0.39 is 6.10 Å². The summed E-state index contributed by atoms with van der Waals surface area (Å²) in [6.45, 7) is 4.11. The summed E-state index contributed by atoms with van der Waals surface area (Å²) in [5.41, 5.74) is 0. The minimum Gasteiger partial charge on any atom is -0.508 e. The highest BCUT2D eigenvalue weighted by atomic mass is 16.5. The lowest BCUT2D eigenvalue weighted by Gasteiger charge is -2.15. The highest BCUT2D eigenvalue weighted by Gasteiger charge is 2.09. The van der Waals surface area contributed by atoms with Crippen LogP contribution >= 0.6 is 0 Å². The second-order valence-electron chi connectivity index (χ2n) is 3.62. The van der Waals surface area contributed by atoms with Crippen LogP contribution in [0.1, 0.15) is 13.8 Å². The summed E-state index contributed by atoms with van der Waals surface area (Å²) < 4.78 is 5.30. The van der Waals surface area contributed by atoms with Crippen LogP contribution in [0.25, 0.3) is 0 Å². The first-order valence-corrected chi connectivity index (χ1v) is 4.69. The molecule has 1 aromatic rings. The standard InChI is InChI=1S/C11H16O3/c1-8(2)11(13)7-14-10-5-3-4-9(12)6-10/h3-6,8,11-13H,7H2,1-2H3. The van der Waals surface area contributed by atoms with Crippen LogP contribution in [0.2, 0.25) is 0 Å². The van der Waals surface area contributed by atoms with Gasteiger partial charge in [0.15, 0.2) is 0 Å². The fourth-order valence-corrected chi connectivity index (χ4v) is 0.947. The molecule has 0 saturated heterocycles. The van der Waals surface area contributed by atoms with Crippen LogP contribution in [-0.2, 0) is 0 Å². The summed E-state index contributed by atoms with van der Waals surface area (Å²) in [4.78, 5) is 0. The first kappa shape index (κ1) is 10.9. The van der Waals surface area contributed by atoms with Crippen LogP contribution < -0.4 is 4.74 Å². The van der Waals surface area contributed by atoms with Gasteiger partial charge in [-0.25, -0.2) is 0 Å². The van der Waals surface area contributed by atoms with Crippen LogP contribution in [0.15, 0.2) is 24.3 Å². The van der Waals surface area contributed by atoms with Crippen LogP contribution in [-0.4, -0.2) is 22.9 Å². The molecule has 0 radical (unpaired) electrons. The second kappa shape index (κ2) is 4.86. The number of rotatable bonds is 4. The van der Waals surface area contributed by atoms with Crippen molar-refractivity contribution in [2.45, 2.75) is 20.0 Å². The molecule has 14 heavy (non-hydrogen) atoms. The molecule has 3 nitrogen and oxygen atoms in total. The monoisotopic (exact) mass is 196 g/mol. The van der Waals surface area contributed by atoms with Crippen LogP contribution in [0.3, 0.4) is 0 Å². The van der Waals surface area contributed by atoms with Gasteiger partial charge in [0.25, 0.3) is 0 Å². The number of aliphatic hydroxyl groups is 1. The van der Waals surface area contributed by atoms with Crippen LogP contribution in [0.5, 0.6) is 11.5 Å². The predicted molar refractivity (Wildman–Crippen MR) is 54.4 cm³/mol. The van der Waals surface area contributed by atoms with Gasteiger partial charge in [-0.15, -0.1) is 0 Å². The zero-order valence-electron chi connectivity index (χ0n) is 8.47. The van der Waals surface area contributed by atoms with Gasteiger partial charge in [0.2, 0.25) is 0 Å². The van der Waals surface area contributed by atoms with Crippen molar-refractivity contribution in [3.63, 3.8) is 0 Å². The molecule has 0 heterocycles. The Kier molecular flexibility index (Phi) is 3.77. The number of ether oxygens (including phenoxy) is 1. The molecule has 0 bridgehead atoms. The van der Waals surface area contributed by atoms with Crippen molar-refractivity contribution < 1.29 is 14.9 Å². The van der Waals surface area contributed by atoms with Gasteiger partial charge >= 0.3 is 0 Å². The Morgan fingerprint density at radius 1 is 1.36 bits per heavy atom. The van der Waals surface area contributed by atoms with Crippen molar-refractivity contribution in [2.75, 3.05) is 6.61 Å². The predicted octanol–water partition coefficient (Wildman–Crippen LogP) is 1.79. The average molecular weight is 196 g/mol. The molecule has 0 saturated carbocycles. The Morgan fingerprint density at radius 2 is 2.07 bits per heavy atom. The highest BCUT2D eigenvalue weighted by Crippen LogP contribution is 2.18. The molecule has 0 aliphatic heterocycles. The molecule has 1 aromatic carbocycles. The molecule has 0 amide bonds. The molecular weight excluding hydrogens is 180 g/mol. The molecule has 0 aliphatic carbocycles. The third-order valence-corrected chi connectivity index (χ3v) is 2.01. The van der Waals surface area contributed by atoms with Crippen molar-refractivity contribution >= 4 is 0 Å². The second-order valence-corrected chi connectivity index (χ2v) is 3.62. The van der Waals surface area contributed by atoms with Crippen LogP contribution in [0.4, 0.5) is 0 Å². The molecule has 2 N–H and O–H groups in total. The molecule has 0 spiro atoms. The minimum absolute atomic E-state index is 0.168. The third-order valence-electron chi connectivity index (χ3n) is 2.01. The van der Waals surface area contributed by atoms with Crippen molar-refractivity contribution in [1.29, 1.82) is 0 Å². The van der Waals surface area contributed by atoms with Crippen molar-refractivity contribution in [3.05, 3.63) is 24.3 Å². The number of phenolic OH excluding ortho intramolecular Hbond substituents is 1. The SMILES string of the molecule is CC(C)C(O)COc1cccc(O)c1. The number of aromatic hydroxyl groups is 1. The van der Waals surface area contributed by atoms with E-state index in [4.69, 9.17) is 9.84 Å². The lowest BCUT2D eigenvalue weighted by atomic mass is 10.1. The van der Waals surface area contributed by atoms with Crippen molar-refractivity contribution in [1.82, 2.24) is 0 Å². The van der Waals surface area contributed by atoms with Gasteiger partial charge in [-0.05, 0) is 18.1 Å². The lowest BCUT2D eigenvalue weighted by molar-refractivity contribution is 0.0700. The Labute approximate surface area is 84.0 Å². The van der Waals surface area contributed by atoms with Gasteiger partial charge in [-0.2, -0.15) is 0 Å². The summed E-state index contributed by atoms with van der Waals surface area (Å²) >= 11 is 0. The number of hydrogen-bond acceptors (Lipinski definition) is 3. The van der Waals surface area contributed by atoms with Crippen molar-refractivity contribution in [3.8, 4) is 11.5 Å². The van der Waals surface area contributed by atoms with E-state index in [0.717, 1.165) is 0 Å². The Bertz CT molecular complexity index is 284. The van der Waals surface area contributed by atoms with Gasteiger partial charge in [0, 0.05) is 6.07 Å². The fourth-order valence-electron chi connectivity index (χ4n) is 0.947. The van der Waals surface area contributed by atoms with Crippen LogP contribution in [0, 0.1) is 5.92 Å². The largest absolute Gasteiger partial charge is 0.508 e. The summed E-state index contributed by atoms with van der Waals surface area (Å²) in [6, 6.07) is 6.54. The third kappa shape index (κ3) is 3.26. The zero-order valence-corrected chi connectivity index (χ0v) is 8.47. The van der Waals surface area contributed by atoms with E-state index in [1.54, 1.807) is 18.2 Å². The number of benzene rings is 1. The molecular formula is C11H16O3. The molecule has 1 unspecified atom stereocenters. The first-order valence-electron chi connectivity index (χ1n) is 4.69. The first-order chi connectivity index (χ1) is 6.59. The highest BCUT2D eigenvalue weighted by molar-refractivity contribution is 5.31. The van der Waals surface area contributed by atoms with Gasteiger partial charge in [0.05, 0.1) is 6.10 Å². The van der Waals surface area contributed by atoms with Crippen molar-refractivity contribution in [2.24, 2.45) is 5.92 Å². The van der Waals surface area contributed by atoms with E-state index in [0.29, 0.717) is 5.75 Å². The molecule has 0 fully saturated rings. The summed E-state index contributed by atoms with van der Waals surface area (Å²) in [5, 5.41) is 18.6. The Morgan fingerprint density at radius 3 is 2.64 bits per heavy atom.